The van der Waals surface area contributed by atoms with Crippen LogP contribution in [0, 0.1) is 0 Å². The molecule has 5 nitrogen and oxygen atoms in total. The van der Waals surface area contributed by atoms with E-state index in [-0.39, 0.29) is 11.3 Å². The van der Waals surface area contributed by atoms with Crippen molar-refractivity contribution in [2.75, 3.05) is 13.7 Å². The van der Waals surface area contributed by atoms with Crippen molar-refractivity contribution < 1.29 is 19.4 Å². The number of Topliss-reactive ketones (excluding diaryl/α,β-unsaturated/α-hetero) is 1. The molecule has 1 atom stereocenters. The number of carbonyl (C=O) groups is 2. The van der Waals surface area contributed by atoms with Gasteiger partial charge in [0.15, 0.2) is 0 Å². The standard InChI is InChI=1S/C22H23NO4/c1-3-4-14-23-19(15-10-12-17(27-2)13-11-15)18(21(25)22(23)26)20(24)16-8-6-5-7-9-16/h5-13,19,24H,3-4,14H2,1-2H3/b20-18+/t19-/m1/s1. The minimum absolute atomic E-state index is 0.132. The van der Waals surface area contributed by atoms with E-state index in [4.69, 9.17) is 4.74 Å². The number of carbonyl (C=O) groups excluding carboxylic acids is 2. The Labute approximate surface area is 158 Å². The zero-order valence-corrected chi connectivity index (χ0v) is 15.5. The number of likely N-dealkylation sites (tertiary alicyclic amines) is 1. The van der Waals surface area contributed by atoms with Crippen LogP contribution in [-0.2, 0) is 9.59 Å². The van der Waals surface area contributed by atoms with Gasteiger partial charge in [0, 0.05) is 12.1 Å². The van der Waals surface area contributed by atoms with Crippen molar-refractivity contribution in [2.45, 2.75) is 25.8 Å². The van der Waals surface area contributed by atoms with Crippen molar-refractivity contribution in [3.05, 3.63) is 71.3 Å². The normalized spacial score (nSPS) is 18.7. The molecule has 0 bridgehead atoms. The van der Waals surface area contributed by atoms with Gasteiger partial charge >= 0.3 is 0 Å². The van der Waals surface area contributed by atoms with Crippen LogP contribution in [0.25, 0.3) is 5.76 Å². The highest BCUT2D eigenvalue weighted by atomic mass is 16.5. The van der Waals surface area contributed by atoms with Gasteiger partial charge in [0.2, 0.25) is 0 Å². The van der Waals surface area contributed by atoms with Crippen LogP contribution in [0.5, 0.6) is 5.75 Å². The molecule has 5 heteroatoms. The molecule has 1 heterocycles. The van der Waals surface area contributed by atoms with E-state index in [0.717, 1.165) is 18.4 Å². The Balaban J connectivity index is 2.13. The minimum atomic E-state index is -0.645. The molecule has 1 aliphatic heterocycles. The van der Waals surface area contributed by atoms with Crippen LogP contribution in [0.2, 0.25) is 0 Å². The molecule has 27 heavy (non-hydrogen) atoms. The molecule has 3 rings (SSSR count). The molecule has 0 unspecified atom stereocenters. The fourth-order valence-corrected chi connectivity index (χ4v) is 3.32. The molecule has 1 aliphatic rings. The third kappa shape index (κ3) is 3.58. The maximum absolute atomic E-state index is 12.8. The van der Waals surface area contributed by atoms with Crippen LogP contribution in [0.1, 0.15) is 36.9 Å². The van der Waals surface area contributed by atoms with Gasteiger partial charge in [0.1, 0.15) is 11.5 Å². The van der Waals surface area contributed by atoms with Crippen molar-refractivity contribution in [2.24, 2.45) is 0 Å². The van der Waals surface area contributed by atoms with E-state index in [2.05, 4.69) is 0 Å². The van der Waals surface area contributed by atoms with E-state index >= 15 is 0 Å². The van der Waals surface area contributed by atoms with Crippen LogP contribution >= 0.6 is 0 Å². The number of ether oxygens (including phenoxy) is 1. The zero-order chi connectivity index (χ0) is 19.4. The third-order valence-corrected chi connectivity index (χ3v) is 4.77. The maximum atomic E-state index is 12.8. The van der Waals surface area contributed by atoms with Crippen LogP contribution in [0.15, 0.2) is 60.2 Å². The van der Waals surface area contributed by atoms with Gasteiger partial charge in [-0.1, -0.05) is 55.8 Å². The first-order valence-corrected chi connectivity index (χ1v) is 9.06. The summed E-state index contributed by atoms with van der Waals surface area (Å²) in [6, 6.07) is 15.5. The number of benzene rings is 2. The van der Waals surface area contributed by atoms with Crippen molar-refractivity contribution in [3.63, 3.8) is 0 Å². The van der Waals surface area contributed by atoms with Gasteiger partial charge < -0.3 is 14.7 Å². The summed E-state index contributed by atoms with van der Waals surface area (Å²) < 4.78 is 5.20. The molecule has 1 fully saturated rings. The Morgan fingerprint density at radius 2 is 1.74 bits per heavy atom. The molecule has 0 aliphatic carbocycles. The Kier molecular flexibility index (Phi) is 5.60. The van der Waals surface area contributed by atoms with E-state index in [1.54, 1.807) is 48.4 Å². The first-order chi connectivity index (χ1) is 13.1. The van der Waals surface area contributed by atoms with Crippen LogP contribution < -0.4 is 4.74 Å². The van der Waals surface area contributed by atoms with Gasteiger partial charge in [0.05, 0.1) is 18.7 Å². The predicted octanol–water partition coefficient (Wildman–Crippen LogP) is 3.92. The lowest BCUT2D eigenvalue weighted by molar-refractivity contribution is -0.139. The summed E-state index contributed by atoms with van der Waals surface area (Å²) in [7, 11) is 1.58. The lowest BCUT2D eigenvalue weighted by Crippen LogP contribution is -2.30. The number of methoxy groups -OCH3 is 1. The van der Waals surface area contributed by atoms with Gasteiger partial charge in [0.25, 0.3) is 11.7 Å². The van der Waals surface area contributed by atoms with Crippen molar-refractivity contribution in [1.82, 2.24) is 4.90 Å². The summed E-state index contributed by atoms with van der Waals surface area (Å²) in [4.78, 5) is 27.0. The van der Waals surface area contributed by atoms with Crippen molar-refractivity contribution >= 4 is 17.4 Å². The number of ketones is 1. The predicted molar refractivity (Wildman–Crippen MR) is 103 cm³/mol. The van der Waals surface area contributed by atoms with Gasteiger partial charge in [-0.25, -0.2) is 0 Å². The number of hydrogen-bond acceptors (Lipinski definition) is 4. The Morgan fingerprint density at radius 1 is 1.07 bits per heavy atom. The molecule has 1 N–H and O–H groups in total. The Morgan fingerprint density at radius 3 is 2.33 bits per heavy atom. The molecular weight excluding hydrogens is 342 g/mol. The molecule has 0 radical (unpaired) electrons. The van der Waals surface area contributed by atoms with Crippen molar-refractivity contribution in [3.8, 4) is 5.75 Å². The van der Waals surface area contributed by atoms with Gasteiger partial charge in [-0.05, 0) is 24.1 Å². The maximum Gasteiger partial charge on any atom is 0.295 e. The highest BCUT2D eigenvalue weighted by Crippen LogP contribution is 2.39. The highest BCUT2D eigenvalue weighted by molar-refractivity contribution is 6.46. The molecule has 0 saturated carbocycles. The lowest BCUT2D eigenvalue weighted by Gasteiger charge is -2.25. The van der Waals surface area contributed by atoms with Crippen LogP contribution in [-0.4, -0.2) is 35.4 Å². The zero-order valence-electron chi connectivity index (χ0n) is 15.5. The second-order valence-corrected chi connectivity index (χ2v) is 6.49. The van der Waals surface area contributed by atoms with Gasteiger partial charge in [-0.15, -0.1) is 0 Å². The second-order valence-electron chi connectivity index (χ2n) is 6.49. The largest absolute Gasteiger partial charge is 0.507 e. The summed E-state index contributed by atoms with van der Waals surface area (Å²) in [6.45, 7) is 2.49. The van der Waals surface area contributed by atoms with E-state index in [1.807, 2.05) is 25.1 Å². The molecule has 140 valence electrons. The smallest absolute Gasteiger partial charge is 0.295 e. The van der Waals surface area contributed by atoms with Gasteiger partial charge in [-0.3, -0.25) is 9.59 Å². The molecule has 0 spiro atoms. The summed E-state index contributed by atoms with van der Waals surface area (Å²) in [6.07, 6.45) is 1.68. The van der Waals surface area contributed by atoms with Crippen LogP contribution in [0.3, 0.4) is 0 Å². The number of nitrogens with zero attached hydrogens (tertiary/aromatic N) is 1. The van der Waals surface area contributed by atoms with Crippen LogP contribution in [0.4, 0.5) is 0 Å². The summed E-state index contributed by atoms with van der Waals surface area (Å²) in [5, 5.41) is 10.8. The first kappa shape index (κ1) is 18.7. The second kappa shape index (κ2) is 8.08. The number of hydrogen-bond donors (Lipinski definition) is 1. The lowest BCUT2D eigenvalue weighted by atomic mass is 9.95. The average molecular weight is 365 g/mol. The fraction of sp³-hybridized carbons (Fsp3) is 0.273. The quantitative estimate of drug-likeness (QED) is 0.479. The molecule has 2 aromatic carbocycles. The molecule has 1 amide bonds. The number of aliphatic hydroxyl groups is 1. The topological polar surface area (TPSA) is 66.8 Å². The number of aliphatic hydroxyl groups excluding tert-OH is 1. The van der Waals surface area contributed by atoms with E-state index in [9.17, 15) is 14.7 Å². The van der Waals surface area contributed by atoms with E-state index in [0.29, 0.717) is 17.9 Å². The van der Waals surface area contributed by atoms with Gasteiger partial charge in [-0.2, -0.15) is 0 Å². The number of unbranched alkanes of at least 4 members (excludes halogenated alkanes) is 1. The SMILES string of the molecule is CCCCN1C(=O)C(=O)/C(=C(/O)c2ccccc2)[C@H]1c1ccc(OC)cc1. The highest BCUT2D eigenvalue weighted by Gasteiger charge is 2.45. The molecule has 1 saturated heterocycles. The summed E-state index contributed by atoms with van der Waals surface area (Å²) in [5.41, 5.74) is 1.42. The number of rotatable bonds is 6. The summed E-state index contributed by atoms with van der Waals surface area (Å²) >= 11 is 0. The minimum Gasteiger partial charge on any atom is -0.507 e. The Hall–Kier alpha value is -3.08. The van der Waals surface area contributed by atoms with E-state index in [1.165, 1.54) is 0 Å². The monoisotopic (exact) mass is 365 g/mol. The van der Waals surface area contributed by atoms with E-state index < -0.39 is 17.7 Å². The molecule has 2 aromatic rings. The summed E-state index contributed by atoms with van der Waals surface area (Å²) in [5.74, 6) is -0.670. The Bertz CT molecular complexity index is 856. The third-order valence-electron chi connectivity index (χ3n) is 4.77. The molecular formula is C22H23NO4. The number of amides is 1. The first-order valence-electron chi connectivity index (χ1n) is 9.06. The van der Waals surface area contributed by atoms with Crippen molar-refractivity contribution in [1.29, 1.82) is 0 Å². The molecule has 0 aromatic heterocycles. The average Bonchev–Trinajstić information content (AvgIpc) is 2.97. The fourth-order valence-electron chi connectivity index (χ4n) is 3.32.